The molecule has 0 aliphatic rings. The highest BCUT2D eigenvalue weighted by molar-refractivity contribution is 5.28. The summed E-state index contributed by atoms with van der Waals surface area (Å²) in [6, 6.07) is 7.89. The van der Waals surface area contributed by atoms with Gasteiger partial charge in [-0.3, -0.25) is 0 Å². The fourth-order valence-corrected chi connectivity index (χ4v) is 1.30. The molecule has 0 unspecified atom stereocenters. The van der Waals surface area contributed by atoms with Gasteiger partial charge in [0, 0.05) is 20.2 Å². The topological polar surface area (TPSA) is 50.7 Å². The third kappa shape index (κ3) is 5.11. The van der Waals surface area contributed by atoms with Gasteiger partial charge in [0.25, 0.3) is 0 Å². The van der Waals surface area contributed by atoms with Crippen molar-refractivity contribution in [3.8, 4) is 5.75 Å². The highest BCUT2D eigenvalue weighted by Gasteiger charge is 1.96. The maximum atomic E-state index is 8.64. The lowest BCUT2D eigenvalue weighted by Gasteiger charge is -2.08. The Hall–Kier alpha value is -1.10. The van der Waals surface area contributed by atoms with Gasteiger partial charge in [-0.1, -0.05) is 12.1 Å². The molecule has 0 amide bonds. The second-order valence-corrected chi connectivity index (χ2v) is 3.39. The molecule has 0 radical (unpaired) electrons. The van der Waals surface area contributed by atoms with Crippen molar-refractivity contribution in [2.45, 2.75) is 6.54 Å². The van der Waals surface area contributed by atoms with Crippen LogP contribution >= 0.6 is 0 Å². The number of nitrogens with one attached hydrogen (secondary N) is 1. The third-order valence-corrected chi connectivity index (χ3v) is 2.07. The summed E-state index contributed by atoms with van der Waals surface area (Å²) in [5, 5.41) is 11.8. The number of hydrogen-bond acceptors (Lipinski definition) is 4. The van der Waals surface area contributed by atoms with Crippen LogP contribution in [0.5, 0.6) is 5.75 Å². The number of benzene rings is 1. The minimum Gasteiger partial charge on any atom is -0.491 e. The molecule has 0 atom stereocenters. The van der Waals surface area contributed by atoms with Crippen LogP contribution < -0.4 is 10.1 Å². The molecule has 0 fully saturated rings. The molecule has 0 bridgehead atoms. The van der Waals surface area contributed by atoms with Crippen molar-refractivity contribution in [2.75, 3.05) is 33.5 Å². The highest BCUT2D eigenvalue weighted by Crippen LogP contribution is 2.12. The fourth-order valence-electron chi connectivity index (χ4n) is 1.30. The van der Waals surface area contributed by atoms with Gasteiger partial charge in [-0.2, -0.15) is 0 Å². The molecular formula is C12H19NO3. The molecule has 0 aromatic heterocycles. The zero-order chi connectivity index (χ0) is 11.6. The van der Waals surface area contributed by atoms with Crippen LogP contribution in [0.2, 0.25) is 0 Å². The smallest absolute Gasteiger partial charge is 0.119 e. The molecule has 4 heteroatoms. The average Bonchev–Trinajstić information content (AvgIpc) is 2.30. The molecule has 0 saturated carbocycles. The summed E-state index contributed by atoms with van der Waals surface area (Å²) in [5.41, 5.74) is 1.14. The van der Waals surface area contributed by atoms with Gasteiger partial charge in [0.15, 0.2) is 0 Å². The summed E-state index contributed by atoms with van der Waals surface area (Å²) in [7, 11) is 1.65. The van der Waals surface area contributed by atoms with Gasteiger partial charge in [0.05, 0.1) is 13.2 Å². The molecular weight excluding hydrogens is 206 g/mol. The van der Waals surface area contributed by atoms with E-state index in [4.69, 9.17) is 14.6 Å². The molecule has 0 aliphatic heterocycles. The van der Waals surface area contributed by atoms with Crippen molar-refractivity contribution >= 4 is 0 Å². The van der Waals surface area contributed by atoms with Gasteiger partial charge in [0.1, 0.15) is 12.4 Å². The summed E-state index contributed by atoms with van der Waals surface area (Å²) in [6.07, 6.45) is 0. The van der Waals surface area contributed by atoms with Crippen molar-refractivity contribution in [1.29, 1.82) is 0 Å². The molecule has 16 heavy (non-hydrogen) atoms. The first kappa shape index (κ1) is 13.0. The zero-order valence-electron chi connectivity index (χ0n) is 9.61. The standard InChI is InChI=1S/C12H19NO3/c1-15-7-8-16-12-4-2-3-11(9-12)10-13-5-6-14/h2-4,9,13-14H,5-8,10H2,1H3. The Morgan fingerprint density at radius 1 is 1.31 bits per heavy atom. The normalized spacial score (nSPS) is 10.4. The van der Waals surface area contributed by atoms with Crippen molar-refractivity contribution < 1.29 is 14.6 Å². The van der Waals surface area contributed by atoms with Gasteiger partial charge in [0.2, 0.25) is 0 Å². The van der Waals surface area contributed by atoms with Gasteiger partial charge < -0.3 is 19.9 Å². The van der Waals surface area contributed by atoms with E-state index in [0.717, 1.165) is 17.9 Å². The molecule has 0 heterocycles. The van der Waals surface area contributed by atoms with Crippen molar-refractivity contribution in [2.24, 2.45) is 0 Å². The number of ether oxygens (including phenoxy) is 2. The van der Waals surface area contributed by atoms with E-state index in [0.29, 0.717) is 19.8 Å². The van der Waals surface area contributed by atoms with Crippen LogP contribution in [0.4, 0.5) is 0 Å². The summed E-state index contributed by atoms with van der Waals surface area (Å²) in [4.78, 5) is 0. The van der Waals surface area contributed by atoms with Crippen LogP contribution in [0.15, 0.2) is 24.3 Å². The summed E-state index contributed by atoms with van der Waals surface area (Å²) < 4.78 is 10.4. The van der Waals surface area contributed by atoms with Crippen LogP contribution in [-0.4, -0.2) is 38.6 Å². The Labute approximate surface area is 96.2 Å². The van der Waals surface area contributed by atoms with Crippen LogP contribution in [0.25, 0.3) is 0 Å². The van der Waals surface area contributed by atoms with E-state index in [9.17, 15) is 0 Å². The Morgan fingerprint density at radius 3 is 2.94 bits per heavy atom. The SMILES string of the molecule is COCCOc1cccc(CNCCO)c1. The minimum absolute atomic E-state index is 0.157. The number of hydrogen-bond donors (Lipinski definition) is 2. The van der Waals surface area contributed by atoms with Gasteiger partial charge in [-0.05, 0) is 17.7 Å². The van der Waals surface area contributed by atoms with Crippen LogP contribution in [0, 0.1) is 0 Å². The summed E-state index contributed by atoms with van der Waals surface area (Å²) in [6.45, 7) is 2.65. The molecule has 1 aromatic carbocycles. The second kappa shape index (κ2) is 8.10. The van der Waals surface area contributed by atoms with E-state index in [1.54, 1.807) is 7.11 Å². The van der Waals surface area contributed by atoms with Crippen LogP contribution in [-0.2, 0) is 11.3 Å². The number of rotatable bonds is 8. The van der Waals surface area contributed by atoms with Crippen LogP contribution in [0.1, 0.15) is 5.56 Å². The first-order valence-corrected chi connectivity index (χ1v) is 5.39. The Morgan fingerprint density at radius 2 is 2.19 bits per heavy atom. The average molecular weight is 225 g/mol. The van der Waals surface area contributed by atoms with E-state index in [1.807, 2.05) is 24.3 Å². The quantitative estimate of drug-likeness (QED) is 0.642. The van der Waals surface area contributed by atoms with Gasteiger partial charge >= 0.3 is 0 Å². The number of aliphatic hydroxyl groups excluding tert-OH is 1. The third-order valence-electron chi connectivity index (χ3n) is 2.07. The fraction of sp³-hybridized carbons (Fsp3) is 0.500. The van der Waals surface area contributed by atoms with Gasteiger partial charge in [-0.25, -0.2) is 0 Å². The largest absolute Gasteiger partial charge is 0.491 e. The lowest BCUT2D eigenvalue weighted by atomic mass is 10.2. The molecule has 2 N–H and O–H groups in total. The van der Waals surface area contributed by atoms with Crippen molar-refractivity contribution in [3.05, 3.63) is 29.8 Å². The van der Waals surface area contributed by atoms with Crippen LogP contribution in [0.3, 0.4) is 0 Å². The van der Waals surface area contributed by atoms with E-state index in [2.05, 4.69) is 5.32 Å². The zero-order valence-corrected chi connectivity index (χ0v) is 9.61. The maximum absolute atomic E-state index is 8.64. The number of aliphatic hydroxyl groups is 1. The predicted octanol–water partition coefficient (Wildman–Crippen LogP) is 0.794. The molecule has 1 rings (SSSR count). The molecule has 0 spiro atoms. The van der Waals surface area contributed by atoms with E-state index >= 15 is 0 Å². The lowest BCUT2D eigenvalue weighted by molar-refractivity contribution is 0.146. The minimum atomic E-state index is 0.157. The first-order chi connectivity index (χ1) is 7.86. The number of methoxy groups -OCH3 is 1. The maximum Gasteiger partial charge on any atom is 0.119 e. The Kier molecular flexibility index (Phi) is 6.56. The lowest BCUT2D eigenvalue weighted by Crippen LogP contribution is -2.17. The molecule has 4 nitrogen and oxygen atoms in total. The van der Waals surface area contributed by atoms with E-state index in [1.165, 1.54) is 0 Å². The van der Waals surface area contributed by atoms with Gasteiger partial charge in [-0.15, -0.1) is 0 Å². The second-order valence-electron chi connectivity index (χ2n) is 3.39. The van der Waals surface area contributed by atoms with Crippen molar-refractivity contribution in [3.63, 3.8) is 0 Å². The monoisotopic (exact) mass is 225 g/mol. The predicted molar refractivity (Wildman–Crippen MR) is 62.6 cm³/mol. The molecule has 0 aliphatic carbocycles. The van der Waals surface area contributed by atoms with E-state index < -0.39 is 0 Å². The first-order valence-electron chi connectivity index (χ1n) is 5.39. The summed E-state index contributed by atoms with van der Waals surface area (Å²) >= 11 is 0. The summed E-state index contributed by atoms with van der Waals surface area (Å²) in [5.74, 6) is 0.848. The Balaban J connectivity index is 2.37. The van der Waals surface area contributed by atoms with E-state index in [-0.39, 0.29) is 6.61 Å². The highest BCUT2D eigenvalue weighted by atomic mass is 16.5. The molecule has 1 aromatic rings. The molecule has 90 valence electrons. The molecule has 0 saturated heterocycles. The Bertz CT molecular complexity index is 266. The van der Waals surface area contributed by atoms with Crippen molar-refractivity contribution in [1.82, 2.24) is 5.32 Å².